The molecule has 1 rings (SSSR count). The van der Waals surface area contributed by atoms with Crippen LogP contribution in [-0.4, -0.2) is 24.8 Å². The largest absolute Gasteiger partial charge is 0.390 e. The SMILES string of the molecule is O=C(NCCC(F)(F)F)NC1CCC1. The van der Waals surface area contributed by atoms with Gasteiger partial charge in [0.1, 0.15) is 0 Å². The van der Waals surface area contributed by atoms with Crippen LogP contribution in [0.25, 0.3) is 0 Å². The Balaban J connectivity index is 2.03. The van der Waals surface area contributed by atoms with E-state index in [0.717, 1.165) is 19.3 Å². The minimum atomic E-state index is -4.20. The topological polar surface area (TPSA) is 41.1 Å². The third kappa shape index (κ3) is 4.34. The zero-order valence-electron chi connectivity index (χ0n) is 7.66. The van der Waals surface area contributed by atoms with Crippen LogP contribution in [-0.2, 0) is 0 Å². The highest BCUT2D eigenvalue weighted by atomic mass is 19.4. The molecule has 1 fully saturated rings. The van der Waals surface area contributed by atoms with Crippen LogP contribution in [0.5, 0.6) is 0 Å². The van der Waals surface area contributed by atoms with E-state index in [1.54, 1.807) is 0 Å². The molecule has 3 nitrogen and oxygen atoms in total. The standard InChI is InChI=1S/C8H13F3N2O/c9-8(10,11)4-5-12-7(14)13-6-2-1-3-6/h6H,1-5H2,(H2,12,13,14). The lowest BCUT2D eigenvalue weighted by Gasteiger charge is -2.26. The van der Waals surface area contributed by atoms with Crippen molar-refractivity contribution >= 4 is 6.03 Å². The van der Waals surface area contributed by atoms with E-state index in [1.807, 2.05) is 0 Å². The molecule has 0 saturated heterocycles. The Morgan fingerprint density at radius 1 is 1.36 bits per heavy atom. The molecule has 82 valence electrons. The van der Waals surface area contributed by atoms with E-state index in [0.29, 0.717) is 0 Å². The van der Waals surface area contributed by atoms with Gasteiger partial charge in [-0.05, 0) is 19.3 Å². The molecule has 14 heavy (non-hydrogen) atoms. The van der Waals surface area contributed by atoms with Gasteiger partial charge in [0.15, 0.2) is 0 Å². The monoisotopic (exact) mass is 210 g/mol. The van der Waals surface area contributed by atoms with Gasteiger partial charge in [0.2, 0.25) is 0 Å². The first-order valence-corrected chi connectivity index (χ1v) is 4.58. The first-order chi connectivity index (χ1) is 6.47. The van der Waals surface area contributed by atoms with E-state index in [1.165, 1.54) is 0 Å². The average molecular weight is 210 g/mol. The number of halogens is 3. The number of nitrogens with one attached hydrogen (secondary N) is 2. The van der Waals surface area contributed by atoms with E-state index in [2.05, 4.69) is 10.6 Å². The molecule has 0 unspecified atom stereocenters. The molecule has 0 aromatic rings. The van der Waals surface area contributed by atoms with Gasteiger partial charge in [0.05, 0.1) is 6.42 Å². The third-order valence-corrected chi connectivity index (χ3v) is 2.13. The summed E-state index contributed by atoms with van der Waals surface area (Å²) < 4.78 is 35.0. The highest BCUT2D eigenvalue weighted by molar-refractivity contribution is 5.74. The van der Waals surface area contributed by atoms with Crippen LogP contribution < -0.4 is 10.6 Å². The Labute approximate surface area is 80.0 Å². The molecule has 6 heteroatoms. The number of alkyl halides is 3. The summed E-state index contributed by atoms with van der Waals surface area (Å²) in [6.45, 7) is -0.359. The average Bonchev–Trinajstić information content (AvgIpc) is 1.94. The Morgan fingerprint density at radius 3 is 2.43 bits per heavy atom. The zero-order chi connectivity index (χ0) is 10.6. The van der Waals surface area contributed by atoms with Gasteiger partial charge in [-0.1, -0.05) is 0 Å². The molecule has 1 aliphatic carbocycles. The molecular weight excluding hydrogens is 197 g/mol. The van der Waals surface area contributed by atoms with Crippen molar-refractivity contribution in [2.24, 2.45) is 0 Å². The Hall–Kier alpha value is -0.940. The van der Waals surface area contributed by atoms with Crippen LogP contribution >= 0.6 is 0 Å². The van der Waals surface area contributed by atoms with Crippen LogP contribution in [0, 0.1) is 0 Å². The molecule has 0 aliphatic heterocycles. The number of urea groups is 1. The van der Waals surface area contributed by atoms with E-state index in [-0.39, 0.29) is 12.6 Å². The van der Waals surface area contributed by atoms with Crippen LogP contribution in [0.15, 0.2) is 0 Å². The van der Waals surface area contributed by atoms with Gasteiger partial charge in [-0.3, -0.25) is 0 Å². The smallest absolute Gasteiger partial charge is 0.338 e. The van der Waals surface area contributed by atoms with Crippen molar-refractivity contribution in [3.8, 4) is 0 Å². The first-order valence-electron chi connectivity index (χ1n) is 4.58. The molecule has 1 aliphatic rings. The minimum absolute atomic E-state index is 0.154. The molecule has 0 bridgehead atoms. The van der Waals surface area contributed by atoms with Crippen LogP contribution in [0.3, 0.4) is 0 Å². The van der Waals surface area contributed by atoms with Crippen molar-refractivity contribution in [1.29, 1.82) is 0 Å². The predicted octanol–water partition coefficient (Wildman–Crippen LogP) is 1.79. The van der Waals surface area contributed by atoms with E-state index >= 15 is 0 Å². The number of hydrogen-bond acceptors (Lipinski definition) is 1. The second-order valence-corrected chi connectivity index (χ2v) is 3.39. The van der Waals surface area contributed by atoms with Crippen LogP contribution in [0.4, 0.5) is 18.0 Å². The molecule has 0 spiro atoms. The van der Waals surface area contributed by atoms with Gasteiger partial charge in [0.25, 0.3) is 0 Å². The fourth-order valence-electron chi connectivity index (χ4n) is 1.11. The van der Waals surface area contributed by atoms with Gasteiger partial charge in [0, 0.05) is 12.6 Å². The van der Waals surface area contributed by atoms with Gasteiger partial charge < -0.3 is 10.6 Å². The number of hydrogen-bond donors (Lipinski definition) is 2. The van der Waals surface area contributed by atoms with Gasteiger partial charge in [-0.2, -0.15) is 13.2 Å². The van der Waals surface area contributed by atoms with Gasteiger partial charge >= 0.3 is 12.2 Å². The summed E-state index contributed by atoms with van der Waals surface area (Å²) in [5.74, 6) is 0. The summed E-state index contributed by atoms with van der Waals surface area (Å²) >= 11 is 0. The van der Waals surface area contributed by atoms with Crippen molar-refractivity contribution in [3.05, 3.63) is 0 Å². The number of amides is 2. The summed E-state index contributed by atoms with van der Waals surface area (Å²) in [7, 11) is 0. The molecule has 2 N–H and O–H groups in total. The van der Waals surface area contributed by atoms with Crippen molar-refractivity contribution < 1.29 is 18.0 Å². The molecule has 0 radical (unpaired) electrons. The number of rotatable bonds is 3. The maximum absolute atomic E-state index is 11.7. The maximum atomic E-state index is 11.7. The molecule has 0 heterocycles. The van der Waals surface area contributed by atoms with Crippen LogP contribution in [0.1, 0.15) is 25.7 Å². The van der Waals surface area contributed by atoms with Crippen molar-refractivity contribution in [3.63, 3.8) is 0 Å². The molecule has 2 amide bonds. The van der Waals surface area contributed by atoms with Crippen molar-refractivity contribution in [1.82, 2.24) is 10.6 Å². The third-order valence-electron chi connectivity index (χ3n) is 2.13. The highest BCUT2D eigenvalue weighted by Gasteiger charge is 2.27. The second-order valence-electron chi connectivity index (χ2n) is 3.39. The summed E-state index contributed by atoms with van der Waals surface area (Å²) in [6.07, 6.45) is -2.26. The fourth-order valence-corrected chi connectivity index (χ4v) is 1.11. The summed E-state index contributed by atoms with van der Waals surface area (Å²) in [4.78, 5) is 10.9. The number of carbonyl (C=O) groups is 1. The summed E-state index contributed by atoms with van der Waals surface area (Å²) in [5, 5.41) is 4.75. The summed E-state index contributed by atoms with van der Waals surface area (Å²) in [6, 6.07) is -0.347. The van der Waals surface area contributed by atoms with Gasteiger partial charge in [-0.15, -0.1) is 0 Å². The lowest BCUT2D eigenvalue weighted by Crippen LogP contribution is -2.45. The van der Waals surface area contributed by atoms with Crippen molar-refractivity contribution in [2.45, 2.75) is 37.9 Å². The Morgan fingerprint density at radius 2 is 2.00 bits per heavy atom. The quantitative estimate of drug-likeness (QED) is 0.732. The Bertz CT molecular complexity index is 201. The van der Waals surface area contributed by atoms with E-state index in [9.17, 15) is 18.0 Å². The summed E-state index contributed by atoms with van der Waals surface area (Å²) in [5.41, 5.74) is 0. The lowest BCUT2D eigenvalue weighted by molar-refractivity contribution is -0.132. The predicted molar refractivity (Wildman–Crippen MR) is 44.8 cm³/mol. The van der Waals surface area contributed by atoms with E-state index in [4.69, 9.17) is 0 Å². The number of carbonyl (C=O) groups excluding carboxylic acids is 1. The van der Waals surface area contributed by atoms with E-state index < -0.39 is 18.6 Å². The first kappa shape index (κ1) is 11.1. The molecule has 0 aromatic carbocycles. The molecular formula is C8H13F3N2O. The highest BCUT2D eigenvalue weighted by Crippen LogP contribution is 2.19. The Kier molecular flexibility index (Phi) is 3.60. The van der Waals surface area contributed by atoms with Crippen molar-refractivity contribution in [2.75, 3.05) is 6.54 Å². The molecule has 0 atom stereocenters. The molecule has 0 aromatic heterocycles. The van der Waals surface area contributed by atoms with Crippen LogP contribution in [0.2, 0.25) is 0 Å². The zero-order valence-corrected chi connectivity index (χ0v) is 7.66. The second kappa shape index (κ2) is 4.52. The fraction of sp³-hybridized carbons (Fsp3) is 0.875. The normalized spacial score (nSPS) is 17.4. The van der Waals surface area contributed by atoms with Gasteiger partial charge in [-0.25, -0.2) is 4.79 Å². The lowest BCUT2D eigenvalue weighted by atomic mass is 9.93. The minimum Gasteiger partial charge on any atom is -0.338 e. The molecule has 1 saturated carbocycles. The maximum Gasteiger partial charge on any atom is 0.390 e.